The highest BCUT2D eigenvalue weighted by atomic mass is 28.3. The summed E-state index contributed by atoms with van der Waals surface area (Å²) in [6.07, 6.45) is 11.2. The Labute approximate surface area is 165 Å². The third-order valence-electron chi connectivity index (χ3n) is 4.62. The molecule has 0 N–H and O–H groups in total. The first-order valence-corrected chi connectivity index (χ1v) is 12.8. The van der Waals surface area contributed by atoms with Crippen molar-refractivity contribution >= 4 is 20.1 Å². The fraction of sp³-hybridized carbons (Fsp3) is 0.150. The van der Waals surface area contributed by atoms with Crippen LogP contribution in [-0.4, -0.2) is 43.7 Å². The molecule has 0 aliphatic rings. The van der Waals surface area contributed by atoms with Gasteiger partial charge in [-0.2, -0.15) is 0 Å². The second-order valence-electron chi connectivity index (χ2n) is 7.81. The van der Waals surface area contributed by atoms with E-state index in [2.05, 4.69) is 70.7 Å². The number of nitrogens with zero attached hydrogens (tertiary/aromatic N) is 6. The summed E-state index contributed by atoms with van der Waals surface area (Å²) in [5.41, 5.74) is 5.47. The maximum Gasteiger partial charge on any atom is 0.369 e. The smallest absolute Gasteiger partial charge is 0.369 e. The van der Waals surface area contributed by atoms with E-state index in [0.29, 0.717) is 0 Å². The van der Waals surface area contributed by atoms with Gasteiger partial charge in [-0.1, -0.05) is 37.7 Å². The van der Waals surface area contributed by atoms with Crippen molar-refractivity contribution in [2.24, 2.45) is 0 Å². The Morgan fingerprint density at radius 2 is 1.21 bits per heavy atom. The van der Waals surface area contributed by atoms with Crippen LogP contribution in [0.1, 0.15) is 5.56 Å². The summed E-state index contributed by atoms with van der Waals surface area (Å²) >= 11 is 0. The average Bonchev–Trinajstić information content (AvgIpc) is 3.44. The van der Waals surface area contributed by atoms with Gasteiger partial charge in [0.25, 0.3) is 0 Å². The Balaban J connectivity index is 1.91. The molecule has 0 spiro atoms. The Morgan fingerprint density at radius 3 is 1.57 bits per heavy atom. The lowest BCUT2D eigenvalue weighted by atomic mass is 9.53. The quantitative estimate of drug-likeness (QED) is 0.400. The van der Waals surface area contributed by atoms with Crippen LogP contribution >= 0.6 is 0 Å². The van der Waals surface area contributed by atoms with Gasteiger partial charge < -0.3 is 13.8 Å². The normalized spacial score (nSPS) is 11.8. The molecular weight excluding hydrogens is 363 g/mol. The minimum absolute atomic E-state index is 1.01. The molecule has 8 heteroatoms. The van der Waals surface area contributed by atoms with Gasteiger partial charge >= 0.3 is 6.55 Å². The minimum atomic E-state index is -1.77. The summed E-state index contributed by atoms with van der Waals surface area (Å²) in [7, 11) is -1.42. The first kappa shape index (κ1) is 18.1. The summed E-state index contributed by atoms with van der Waals surface area (Å²) in [6.45, 7) is 4.97. The molecule has 3 heterocycles. The van der Waals surface area contributed by atoms with Gasteiger partial charge in [0.2, 0.25) is 0 Å². The van der Waals surface area contributed by atoms with Gasteiger partial charge in [-0.15, -0.1) is 11.0 Å². The van der Waals surface area contributed by atoms with Crippen LogP contribution in [0.3, 0.4) is 0 Å². The number of rotatable bonds is 4. The zero-order valence-corrected chi connectivity index (χ0v) is 17.3. The van der Waals surface area contributed by atoms with Crippen molar-refractivity contribution in [1.29, 1.82) is 0 Å². The van der Waals surface area contributed by atoms with Gasteiger partial charge in [-0.25, -0.2) is 15.3 Å². The van der Waals surface area contributed by atoms with Crippen LogP contribution < -0.4 is 5.46 Å². The van der Waals surface area contributed by atoms with E-state index < -0.39 is 14.6 Å². The number of aromatic nitrogens is 6. The van der Waals surface area contributed by atoms with E-state index in [0.717, 1.165) is 11.0 Å². The van der Waals surface area contributed by atoms with Gasteiger partial charge in [0.05, 0.1) is 0 Å². The molecule has 28 heavy (non-hydrogen) atoms. The molecular formula is C20H22BN6Si-. The van der Waals surface area contributed by atoms with E-state index in [-0.39, 0.29) is 0 Å². The van der Waals surface area contributed by atoms with E-state index in [4.69, 9.17) is 0 Å². The number of hydrogen-bond acceptors (Lipinski definition) is 3. The SMILES string of the molecule is C[Si](C)(C)C#Cc1ccc([B-](n2cccn2)(n2cccn2)n2cccn2)cc1. The lowest BCUT2D eigenvalue weighted by Crippen LogP contribution is -2.67. The monoisotopic (exact) mass is 385 g/mol. The lowest BCUT2D eigenvalue weighted by molar-refractivity contribution is 0.744. The molecule has 0 aliphatic heterocycles. The number of benzene rings is 1. The third kappa shape index (κ3) is 3.21. The molecule has 0 fully saturated rings. The average molecular weight is 385 g/mol. The Hall–Kier alpha value is -3.31. The molecule has 6 nitrogen and oxygen atoms in total. The third-order valence-corrected chi connectivity index (χ3v) is 5.50. The van der Waals surface area contributed by atoms with Gasteiger partial charge in [-0.05, 0) is 48.9 Å². The summed E-state index contributed by atoms with van der Waals surface area (Å²) in [6, 6.07) is 14.1. The second-order valence-corrected chi connectivity index (χ2v) is 12.6. The molecule has 0 unspecified atom stereocenters. The van der Waals surface area contributed by atoms with Crippen LogP contribution in [0, 0.1) is 11.5 Å². The summed E-state index contributed by atoms with van der Waals surface area (Å²) in [5, 5.41) is 13.7. The van der Waals surface area contributed by atoms with Gasteiger partial charge in [0.1, 0.15) is 8.07 Å². The van der Waals surface area contributed by atoms with E-state index in [9.17, 15) is 0 Å². The fourth-order valence-electron chi connectivity index (χ4n) is 3.39. The standard InChI is InChI=1S/C20H22BN6Si/c1-28(2,3)18-11-19-7-9-20(10-8-19)21(25-15-4-12-22-25,26-16-5-13-23-26)27-17-6-14-24-27/h4-10,12-17H,1-3H3/q-1. The van der Waals surface area contributed by atoms with E-state index >= 15 is 0 Å². The van der Waals surface area contributed by atoms with E-state index in [1.54, 1.807) is 18.6 Å². The molecule has 0 saturated heterocycles. The predicted molar refractivity (Wildman–Crippen MR) is 115 cm³/mol. The van der Waals surface area contributed by atoms with Gasteiger partial charge in [-0.3, -0.25) is 0 Å². The Kier molecular flexibility index (Phi) is 4.53. The highest BCUT2D eigenvalue weighted by Gasteiger charge is 2.36. The van der Waals surface area contributed by atoms with Crippen LogP contribution in [0.15, 0.2) is 79.6 Å². The van der Waals surface area contributed by atoms with Gasteiger partial charge in [0, 0.05) is 24.2 Å². The topological polar surface area (TPSA) is 53.5 Å². The molecule has 0 bridgehead atoms. The maximum absolute atomic E-state index is 4.57. The summed E-state index contributed by atoms with van der Waals surface area (Å²) in [4.78, 5) is 0. The highest BCUT2D eigenvalue weighted by molar-refractivity contribution is 6.87. The molecule has 4 rings (SSSR count). The summed E-state index contributed by atoms with van der Waals surface area (Å²) < 4.78 is 5.76. The Bertz CT molecular complexity index is 998. The lowest BCUT2D eigenvalue weighted by Gasteiger charge is -2.42. The van der Waals surface area contributed by atoms with Crippen LogP contribution in [0.2, 0.25) is 19.6 Å². The largest absolute Gasteiger partial charge is 0.396 e. The van der Waals surface area contributed by atoms with Crippen molar-refractivity contribution in [3.05, 3.63) is 85.2 Å². The van der Waals surface area contributed by atoms with E-state index in [1.165, 1.54) is 0 Å². The van der Waals surface area contributed by atoms with Crippen molar-refractivity contribution in [1.82, 2.24) is 29.1 Å². The first-order chi connectivity index (χ1) is 13.5. The molecule has 140 valence electrons. The van der Waals surface area contributed by atoms with Crippen LogP contribution in [0.4, 0.5) is 0 Å². The van der Waals surface area contributed by atoms with Crippen LogP contribution in [0.5, 0.6) is 0 Å². The minimum Gasteiger partial charge on any atom is -0.396 e. The molecule has 0 saturated carbocycles. The molecule has 0 amide bonds. The second kappa shape index (κ2) is 7.02. The van der Waals surface area contributed by atoms with Gasteiger partial charge in [0.15, 0.2) is 0 Å². The van der Waals surface area contributed by atoms with Crippen LogP contribution in [-0.2, 0) is 0 Å². The number of hydrogen-bond donors (Lipinski definition) is 0. The Morgan fingerprint density at radius 1 is 0.750 bits per heavy atom. The molecule has 3 aromatic heterocycles. The highest BCUT2D eigenvalue weighted by Crippen LogP contribution is 2.13. The van der Waals surface area contributed by atoms with Crippen molar-refractivity contribution in [3.63, 3.8) is 0 Å². The van der Waals surface area contributed by atoms with Crippen molar-refractivity contribution < 1.29 is 0 Å². The zero-order valence-electron chi connectivity index (χ0n) is 16.3. The zero-order chi connectivity index (χ0) is 19.6. The maximum atomic E-state index is 4.57. The van der Waals surface area contributed by atoms with Crippen molar-refractivity contribution in [2.45, 2.75) is 19.6 Å². The first-order valence-electron chi connectivity index (χ1n) is 9.28. The van der Waals surface area contributed by atoms with Crippen LogP contribution in [0.25, 0.3) is 0 Å². The molecule has 0 aliphatic carbocycles. The molecule has 0 radical (unpaired) electrons. The molecule has 4 aromatic rings. The predicted octanol–water partition coefficient (Wildman–Crippen LogP) is 2.30. The molecule has 0 atom stereocenters. The van der Waals surface area contributed by atoms with Crippen molar-refractivity contribution in [2.75, 3.05) is 0 Å². The van der Waals surface area contributed by atoms with E-state index in [1.807, 2.05) is 50.6 Å². The fourth-order valence-corrected chi connectivity index (χ4v) is 3.91. The molecule has 1 aromatic carbocycles. The van der Waals surface area contributed by atoms with Crippen molar-refractivity contribution in [3.8, 4) is 11.5 Å². The summed E-state index contributed by atoms with van der Waals surface area (Å²) in [5.74, 6) is 3.32.